The van der Waals surface area contributed by atoms with Gasteiger partial charge in [0.25, 0.3) is 11.8 Å². The molecular formula is C17H12N4O3S2. The van der Waals surface area contributed by atoms with Crippen LogP contribution in [0, 0.1) is 6.92 Å². The second-order valence-corrected chi connectivity index (χ2v) is 7.52. The van der Waals surface area contributed by atoms with Crippen LogP contribution in [0.2, 0.25) is 0 Å². The number of nitrogens with one attached hydrogen (secondary N) is 2. The van der Waals surface area contributed by atoms with Gasteiger partial charge in [-0.15, -0.1) is 22.7 Å². The van der Waals surface area contributed by atoms with Crippen LogP contribution in [0.25, 0.3) is 10.2 Å². The number of rotatable bonds is 4. The van der Waals surface area contributed by atoms with Crippen molar-refractivity contribution in [3.63, 3.8) is 0 Å². The Bertz CT molecular complexity index is 1100. The number of thiazole rings is 1. The molecule has 0 spiro atoms. The molecule has 0 bridgehead atoms. The normalized spacial score (nSPS) is 10.8. The summed E-state index contributed by atoms with van der Waals surface area (Å²) in [5.41, 5.74) is 1.51. The number of amides is 2. The van der Waals surface area contributed by atoms with E-state index in [-0.39, 0.29) is 17.6 Å². The molecule has 3 heterocycles. The van der Waals surface area contributed by atoms with E-state index in [2.05, 4.69) is 20.6 Å². The molecule has 2 amide bonds. The number of hydrogen-bond acceptors (Lipinski definition) is 7. The fraction of sp³-hybridized carbons (Fsp3) is 0.0588. The first-order valence-corrected chi connectivity index (χ1v) is 9.27. The molecular weight excluding hydrogens is 372 g/mol. The van der Waals surface area contributed by atoms with E-state index < -0.39 is 5.91 Å². The standard InChI is InChI=1S/C17H12N4O3S2/c1-9-18-11-7-10(4-5-13(11)26-9)19-15(22)12-8-24-17(20-12)21-16(23)14-3-2-6-25-14/h2-8H,1H3,(H,19,22)(H,20,21,23). The van der Waals surface area contributed by atoms with Gasteiger partial charge in [0.1, 0.15) is 6.26 Å². The van der Waals surface area contributed by atoms with E-state index in [1.165, 1.54) is 17.6 Å². The van der Waals surface area contributed by atoms with Crippen LogP contribution in [0.3, 0.4) is 0 Å². The van der Waals surface area contributed by atoms with Gasteiger partial charge in [0.2, 0.25) is 0 Å². The maximum Gasteiger partial charge on any atom is 0.302 e. The Kier molecular flexibility index (Phi) is 4.23. The van der Waals surface area contributed by atoms with Crippen molar-refractivity contribution in [1.82, 2.24) is 9.97 Å². The van der Waals surface area contributed by atoms with Crippen molar-refractivity contribution in [3.05, 3.63) is 57.6 Å². The molecule has 0 aliphatic rings. The summed E-state index contributed by atoms with van der Waals surface area (Å²) in [5.74, 6) is -0.769. The predicted octanol–water partition coefficient (Wildman–Crippen LogP) is 4.16. The zero-order valence-electron chi connectivity index (χ0n) is 13.5. The predicted molar refractivity (Wildman–Crippen MR) is 101 cm³/mol. The maximum atomic E-state index is 12.3. The molecule has 0 radical (unpaired) electrons. The third-order valence-corrected chi connectivity index (χ3v) is 5.28. The molecule has 2 N–H and O–H groups in total. The first-order valence-electron chi connectivity index (χ1n) is 7.57. The van der Waals surface area contributed by atoms with Gasteiger partial charge >= 0.3 is 6.01 Å². The molecule has 3 aromatic heterocycles. The van der Waals surface area contributed by atoms with Gasteiger partial charge in [-0.2, -0.15) is 4.98 Å². The summed E-state index contributed by atoms with van der Waals surface area (Å²) in [6.07, 6.45) is 1.20. The number of nitrogens with zero attached hydrogens (tertiary/aromatic N) is 2. The summed E-state index contributed by atoms with van der Waals surface area (Å²) in [7, 11) is 0. The summed E-state index contributed by atoms with van der Waals surface area (Å²) in [6, 6.07) is 8.94. The molecule has 26 heavy (non-hydrogen) atoms. The minimum absolute atomic E-state index is 0.0286. The zero-order valence-corrected chi connectivity index (χ0v) is 15.1. The molecule has 4 rings (SSSR count). The van der Waals surface area contributed by atoms with Gasteiger partial charge in [-0.25, -0.2) is 4.98 Å². The lowest BCUT2D eigenvalue weighted by Gasteiger charge is -2.02. The Hall–Kier alpha value is -3.04. The Morgan fingerprint density at radius 3 is 2.81 bits per heavy atom. The lowest BCUT2D eigenvalue weighted by molar-refractivity contribution is 0.101. The van der Waals surface area contributed by atoms with Crippen molar-refractivity contribution < 1.29 is 14.0 Å². The summed E-state index contributed by atoms with van der Waals surface area (Å²) < 4.78 is 6.21. The number of carbonyl (C=O) groups excluding carboxylic acids is 2. The molecule has 9 heteroatoms. The topological polar surface area (TPSA) is 97.1 Å². The molecule has 0 unspecified atom stereocenters. The number of thiophene rings is 1. The van der Waals surface area contributed by atoms with Gasteiger partial charge in [0, 0.05) is 5.69 Å². The molecule has 130 valence electrons. The zero-order chi connectivity index (χ0) is 18.1. The van der Waals surface area contributed by atoms with E-state index in [1.807, 2.05) is 13.0 Å². The van der Waals surface area contributed by atoms with Crippen LogP contribution in [0.15, 0.2) is 46.4 Å². The fourth-order valence-corrected chi connectivity index (χ4v) is 3.74. The minimum Gasteiger partial charge on any atom is -0.431 e. The van der Waals surface area contributed by atoms with Crippen molar-refractivity contribution in [3.8, 4) is 0 Å². The summed E-state index contributed by atoms with van der Waals surface area (Å²) >= 11 is 2.90. The second-order valence-electron chi connectivity index (χ2n) is 5.34. The SMILES string of the molecule is Cc1nc2cc(NC(=O)c3coc(NC(=O)c4cccs4)n3)ccc2s1. The number of fused-ring (bicyclic) bond motifs is 1. The van der Waals surface area contributed by atoms with Crippen LogP contribution in [0.5, 0.6) is 0 Å². The average molecular weight is 384 g/mol. The van der Waals surface area contributed by atoms with Gasteiger partial charge in [-0.1, -0.05) is 6.07 Å². The van der Waals surface area contributed by atoms with E-state index in [0.29, 0.717) is 10.6 Å². The number of carbonyl (C=O) groups is 2. The van der Waals surface area contributed by atoms with Crippen molar-refractivity contribution in [2.24, 2.45) is 0 Å². The maximum absolute atomic E-state index is 12.3. The van der Waals surface area contributed by atoms with Crippen LogP contribution in [-0.2, 0) is 0 Å². The molecule has 0 atom stereocenters. The number of hydrogen-bond donors (Lipinski definition) is 2. The first-order chi connectivity index (χ1) is 12.6. The van der Waals surface area contributed by atoms with Gasteiger partial charge < -0.3 is 9.73 Å². The third kappa shape index (κ3) is 3.35. The van der Waals surface area contributed by atoms with Crippen molar-refractivity contribution >= 4 is 56.4 Å². The third-order valence-electron chi connectivity index (χ3n) is 3.45. The Labute approximate surface area is 155 Å². The molecule has 0 saturated carbocycles. The lowest BCUT2D eigenvalue weighted by Crippen LogP contribution is -2.13. The number of benzene rings is 1. The Morgan fingerprint density at radius 1 is 1.12 bits per heavy atom. The highest BCUT2D eigenvalue weighted by Gasteiger charge is 2.16. The minimum atomic E-state index is -0.434. The van der Waals surface area contributed by atoms with Crippen molar-refractivity contribution in [2.75, 3.05) is 10.6 Å². The Balaban J connectivity index is 1.46. The smallest absolute Gasteiger partial charge is 0.302 e. The van der Waals surface area contributed by atoms with E-state index in [9.17, 15) is 9.59 Å². The first kappa shape index (κ1) is 16.4. The van der Waals surface area contributed by atoms with Crippen LogP contribution in [0.1, 0.15) is 25.2 Å². The lowest BCUT2D eigenvalue weighted by atomic mass is 10.3. The van der Waals surface area contributed by atoms with E-state index in [1.54, 1.807) is 41.0 Å². The Morgan fingerprint density at radius 2 is 2.00 bits per heavy atom. The molecule has 7 nitrogen and oxygen atoms in total. The van der Waals surface area contributed by atoms with Crippen molar-refractivity contribution in [2.45, 2.75) is 6.92 Å². The average Bonchev–Trinajstić information content (AvgIpc) is 3.34. The molecule has 1 aromatic carbocycles. The monoisotopic (exact) mass is 384 g/mol. The van der Waals surface area contributed by atoms with Crippen LogP contribution in [0.4, 0.5) is 11.7 Å². The highest BCUT2D eigenvalue weighted by molar-refractivity contribution is 7.18. The summed E-state index contributed by atoms with van der Waals surface area (Å²) in [4.78, 5) is 33.2. The van der Waals surface area contributed by atoms with E-state index in [4.69, 9.17) is 4.42 Å². The van der Waals surface area contributed by atoms with Gasteiger partial charge in [0.15, 0.2) is 5.69 Å². The van der Waals surface area contributed by atoms with Gasteiger partial charge in [-0.3, -0.25) is 14.9 Å². The molecule has 0 saturated heterocycles. The molecule has 4 aromatic rings. The van der Waals surface area contributed by atoms with E-state index >= 15 is 0 Å². The van der Waals surface area contributed by atoms with Crippen molar-refractivity contribution in [1.29, 1.82) is 0 Å². The fourth-order valence-electron chi connectivity index (χ4n) is 2.32. The largest absolute Gasteiger partial charge is 0.431 e. The van der Waals surface area contributed by atoms with Crippen LogP contribution < -0.4 is 10.6 Å². The van der Waals surface area contributed by atoms with Gasteiger partial charge in [0.05, 0.1) is 20.1 Å². The molecule has 0 aliphatic carbocycles. The van der Waals surface area contributed by atoms with Crippen LogP contribution in [-0.4, -0.2) is 21.8 Å². The summed E-state index contributed by atoms with van der Waals surface area (Å²) in [6.45, 7) is 1.93. The molecule has 0 fully saturated rings. The quantitative estimate of drug-likeness (QED) is 0.551. The second kappa shape index (κ2) is 6.70. The van der Waals surface area contributed by atoms with E-state index in [0.717, 1.165) is 15.2 Å². The number of oxazole rings is 1. The number of anilines is 2. The van der Waals surface area contributed by atoms with Gasteiger partial charge in [-0.05, 0) is 36.6 Å². The highest BCUT2D eigenvalue weighted by Crippen LogP contribution is 2.24. The van der Waals surface area contributed by atoms with Crippen LogP contribution >= 0.6 is 22.7 Å². The summed E-state index contributed by atoms with van der Waals surface area (Å²) in [5, 5.41) is 8.02. The number of aromatic nitrogens is 2. The highest BCUT2D eigenvalue weighted by atomic mass is 32.1. The molecule has 0 aliphatic heterocycles. The number of aryl methyl sites for hydroxylation is 1.